The van der Waals surface area contributed by atoms with E-state index in [1.165, 1.54) is 55.9 Å². The first-order chi connectivity index (χ1) is 19.7. The second-order valence-electron chi connectivity index (χ2n) is 9.24. The van der Waals surface area contributed by atoms with Crippen molar-refractivity contribution in [2.45, 2.75) is 13.8 Å². The molecule has 0 bridgehead atoms. The molecule has 0 unspecified atom stereocenters. The molecule has 0 aliphatic carbocycles. The number of benzene rings is 2. The second kappa shape index (κ2) is 11.0. The number of aromatic nitrogens is 3. The van der Waals surface area contributed by atoms with E-state index in [4.69, 9.17) is 9.47 Å². The van der Waals surface area contributed by atoms with Crippen LogP contribution >= 0.6 is 0 Å². The van der Waals surface area contributed by atoms with Gasteiger partial charge >= 0.3 is 0 Å². The van der Waals surface area contributed by atoms with Crippen molar-refractivity contribution in [3.05, 3.63) is 112 Å². The molecule has 2 aromatic carbocycles. The van der Waals surface area contributed by atoms with Gasteiger partial charge in [0.25, 0.3) is 5.91 Å². The summed E-state index contributed by atoms with van der Waals surface area (Å²) in [6.07, 6.45) is 2.79. The zero-order valence-electron chi connectivity index (χ0n) is 22.3. The number of carbonyl (C=O) groups is 1. The molecule has 5 aromatic rings. The van der Waals surface area contributed by atoms with Gasteiger partial charge in [-0.25, -0.2) is 13.8 Å². The zero-order valence-corrected chi connectivity index (χ0v) is 22.3. The Balaban J connectivity index is 1.40. The number of amides is 1. The van der Waals surface area contributed by atoms with Crippen molar-refractivity contribution < 1.29 is 23.0 Å². The summed E-state index contributed by atoms with van der Waals surface area (Å²) in [5.74, 6) is -1.49. The van der Waals surface area contributed by atoms with Gasteiger partial charge < -0.3 is 19.8 Å². The van der Waals surface area contributed by atoms with Gasteiger partial charge in [-0.3, -0.25) is 14.6 Å². The van der Waals surface area contributed by atoms with Crippen LogP contribution in [0.3, 0.4) is 0 Å². The summed E-state index contributed by atoms with van der Waals surface area (Å²) in [6, 6.07) is 12.6. The molecule has 10 heteroatoms. The molecule has 0 spiro atoms. The number of allylic oxidation sites excluding steroid dienone is 1. The first-order valence-corrected chi connectivity index (χ1v) is 12.4. The van der Waals surface area contributed by atoms with Crippen LogP contribution in [-0.2, 0) is 0 Å². The third-order valence-corrected chi connectivity index (χ3v) is 6.36. The summed E-state index contributed by atoms with van der Waals surface area (Å²) in [7, 11) is 1.48. The van der Waals surface area contributed by atoms with E-state index in [1.54, 1.807) is 19.1 Å². The van der Waals surface area contributed by atoms with Crippen LogP contribution in [0, 0.1) is 18.6 Å². The maximum atomic E-state index is 15.1. The lowest BCUT2D eigenvalue weighted by Gasteiger charge is -2.13. The summed E-state index contributed by atoms with van der Waals surface area (Å²) < 4.78 is 39.7. The van der Waals surface area contributed by atoms with Crippen LogP contribution in [-0.4, -0.2) is 28.0 Å². The Morgan fingerprint density at radius 3 is 2.46 bits per heavy atom. The van der Waals surface area contributed by atoms with Crippen molar-refractivity contribution in [2.24, 2.45) is 0 Å². The summed E-state index contributed by atoms with van der Waals surface area (Å²) in [5, 5.41) is 2.54. The highest BCUT2D eigenvalue weighted by molar-refractivity contribution is 6.04. The summed E-state index contributed by atoms with van der Waals surface area (Å²) in [4.78, 5) is 37.8. The fourth-order valence-electron chi connectivity index (χ4n) is 4.31. The van der Waals surface area contributed by atoms with Gasteiger partial charge in [0.05, 0.1) is 12.6 Å². The molecule has 0 radical (unpaired) electrons. The molecule has 3 heterocycles. The van der Waals surface area contributed by atoms with Crippen LogP contribution in [0.25, 0.3) is 27.7 Å². The lowest BCUT2D eigenvalue weighted by atomic mass is 10.0. The lowest BCUT2D eigenvalue weighted by Crippen LogP contribution is -2.23. The number of H-pyrrole nitrogens is 1. The Morgan fingerprint density at radius 2 is 1.78 bits per heavy atom. The van der Waals surface area contributed by atoms with E-state index in [9.17, 15) is 14.0 Å². The van der Waals surface area contributed by atoms with Crippen LogP contribution in [0.5, 0.6) is 17.4 Å². The molecular weight excluding hydrogens is 530 g/mol. The molecule has 0 saturated carbocycles. The van der Waals surface area contributed by atoms with E-state index in [1.807, 2.05) is 6.92 Å². The number of aryl methyl sites for hydroxylation is 1. The van der Waals surface area contributed by atoms with Gasteiger partial charge in [0, 0.05) is 47.0 Å². The Labute approximate surface area is 233 Å². The van der Waals surface area contributed by atoms with E-state index < -0.39 is 23.0 Å². The summed E-state index contributed by atoms with van der Waals surface area (Å²) >= 11 is 0. The zero-order chi connectivity index (χ0) is 29.3. The standard InChI is InChI=1S/C31H24F2N4O4/c1-16(2)21-14-24-28(37-31(21)40-4)26(11-12-34-24)41-25-10-9-20(13-23(25)33)36-30(39)22-15-35-17(3)27(29(22)38)18-5-7-19(32)8-6-18/h5-15H,1H2,2-4H3,(H,35,38)(H,36,39). The van der Waals surface area contributed by atoms with E-state index in [0.717, 1.165) is 11.6 Å². The van der Waals surface area contributed by atoms with Crippen molar-refractivity contribution in [2.75, 3.05) is 12.4 Å². The molecule has 0 aliphatic heterocycles. The molecule has 1 amide bonds. The minimum absolute atomic E-state index is 0.105. The topological polar surface area (TPSA) is 106 Å². The molecule has 0 saturated heterocycles. The van der Waals surface area contributed by atoms with Crippen LogP contribution in [0.15, 0.2) is 78.4 Å². The third-order valence-electron chi connectivity index (χ3n) is 6.36. The van der Waals surface area contributed by atoms with Crippen molar-refractivity contribution in [3.63, 3.8) is 0 Å². The van der Waals surface area contributed by atoms with Crippen LogP contribution < -0.4 is 20.2 Å². The highest BCUT2D eigenvalue weighted by atomic mass is 19.1. The normalized spacial score (nSPS) is 10.9. The second-order valence-corrected chi connectivity index (χ2v) is 9.24. The average Bonchev–Trinajstić information content (AvgIpc) is 2.94. The highest BCUT2D eigenvalue weighted by Crippen LogP contribution is 2.34. The average molecular weight is 555 g/mol. The number of methoxy groups -OCH3 is 1. The van der Waals surface area contributed by atoms with Gasteiger partial charge in [-0.1, -0.05) is 18.7 Å². The smallest absolute Gasteiger partial charge is 0.261 e. The SMILES string of the molecule is C=C(C)c1cc2nccc(Oc3ccc(NC(=O)c4c[nH]c(C)c(-c5ccc(F)cc5)c4=O)cc3F)c2nc1OC. The van der Waals surface area contributed by atoms with Gasteiger partial charge in [-0.05, 0) is 55.3 Å². The molecule has 3 aromatic heterocycles. The molecule has 0 fully saturated rings. The largest absolute Gasteiger partial charge is 0.481 e. The van der Waals surface area contributed by atoms with Crippen LogP contribution in [0.1, 0.15) is 28.5 Å². The number of ether oxygens (including phenoxy) is 2. The van der Waals surface area contributed by atoms with Crippen molar-refractivity contribution in [3.8, 4) is 28.5 Å². The fraction of sp³-hybridized carbons (Fsp3) is 0.0968. The Morgan fingerprint density at radius 1 is 1.02 bits per heavy atom. The molecule has 0 atom stereocenters. The van der Waals surface area contributed by atoms with Gasteiger partial charge in [-0.2, -0.15) is 0 Å². The number of nitrogens with one attached hydrogen (secondary N) is 2. The predicted molar refractivity (Wildman–Crippen MR) is 152 cm³/mol. The molecule has 0 aliphatic rings. The number of hydrogen-bond donors (Lipinski definition) is 2. The van der Waals surface area contributed by atoms with Crippen LogP contribution in [0.4, 0.5) is 14.5 Å². The first-order valence-electron chi connectivity index (χ1n) is 12.4. The third kappa shape index (κ3) is 5.40. The van der Waals surface area contributed by atoms with Crippen molar-refractivity contribution >= 4 is 28.2 Å². The highest BCUT2D eigenvalue weighted by Gasteiger charge is 2.19. The number of rotatable bonds is 7. The lowest BCUT2D eigenvalue weighted by molar-refractivity contribution is 0.102. The van der Waals surface area contributed by atoms with E-state index in [-0.39, 0.29) is 28.3 Å². The number of aromatic amines is 1. The molecular formula is C31H24F2N4O4. The van der Waals surface area contributed by atoms with E-state index >= 15 is 4.39 Å². The molecule has 8 nitrogen and oxygen atoms in total. The Hall–Kier alpha value is -5.38. The van der Waals surface area contributed by atoms with Crippen molar-refractivity contribution in [1.29, 1.82) is 0 Å². The molecule has 41 heavy (non-hydrogen) atoms. The predicted octanol–water partition coefficient (Wildman–Crippen LogP) is 6.66. The Kier molecular flexibility index (Phi) is 7.30. The van der Waals surface area contributed by atoms with Gasteiger partial charge in [0.2, 0.25) is 11.3 Å². The van der Waals surface area contributed by atoms with E-state index in [2.05, 4.69) is 26.8 Å². The summed E-state index contributed by atoms with van der Waals surface area (Å²) in [5.41, 5.74) is 2.87. The fourth-order valence-corrected chi connectivity index (χ4v) is 4.31. The van der Waals surface area contributed by atoms with Crippen molar-refractivity contribution in [1.82, 2.24) is 15.0 Å². The minimum Gasteiger partial charge on any atom is -0.481 e. The molecule has 5 rings (SSSR count). The number of anilines is 1. The number of halogens is 2. The monoisotopic (exact) mass is 554 g/mol. The number of hydrogen-bond acceptors (Lipinski definition) is 6. The minimum atomic E-state index is -0.761. The summed E-state index contributed by atoms with van der Waals surface area (Å²) in [6.45, 7) is 7.42. The number of carbonyl (C=O) groups excluding carboxylic acids is 1. The molecule has 2 N–H and O–H groups in total. The van der Waals surface area contributed by atoms with E-state index in [0.29, 0.717) is 33.7 Å². The molecule has 206 valence electrons. The van der Waals surface area contributed by atoms with Crippen LogP contribution in [0.2, 0.25) is 0 Å². The maximum Gasteiger partial charge on any atom is 0.261 e. The number of fused-ring (bicyclic) bond motifs is 1. The number of pyridine rings is 3. The first kappa shape index (κ1) is 27.2. The Bertz CT molecular complexity index is 1880. The van der Waals surface area contributed by atoms with Gasteiger partial charge in [0.1, 0.15) is 16.9 Å². The maximum absolute atomic E-state index is 15.1. The quantitative estimate of drug-likeness (QED) is 0.233. The van der Waals surface area contributed by atoms with Gasteiger partial charge in [0.15, 0.2) is 17.3 Å². The van der Waals surface area contributed by atoms with Gasteiger partial charge in [-0.15, -0.1) is 0 Å². The number of nitrogens with zero attached hydrogens (tertiary/aromatic N) is 2.